The number of unbranched alkanes of at least 4 members (excludes halogenated alkanes) is 16. The lowest BCUT2D eigenvalue weighted by molar-refractivity contribution is -0.146. The second-order valence-corrected chi connectivity index (χ2v) is 12.1. The van der Waals surface area contributed by atoms with E-state index in [9.17, 15) is 34.1 Å². The Hall–Kier alpha value is -1.52. The van der Waals surface area contributed by atoms with Gasteiger partial charge >= 0.3 is 19.8 Å². The largest absolute Gasteiger partial charge is 0.480 e. The van der Waals surface area contributed by atoms with Gasteiger partial charge in [0.15, 0.2) is 6.04 Å². The van der Waals surface area contributed by atoms with E-state index in [0.29, 0.717) is 6.42 Å². The van der Waals surface area contributed by atoms with Gasteiger partial charge in [0, 0.05) is 12.8 Å². The molecule has 41 heavy (non-hydrogen) atoms. The Morgan fingerprint density at radius 1 is 0.707 bits per heavy atom. The number of esters is 1. The minimum absolute atomic E-state index is 0.108. The molecular formula is C29H56NO10P. The number of amides is 1. The van der Waals surface area contributed by atoms with Crippen LogP contribution >= 0.6 is 7.82 Å². The van der Waals surface area contributed by atoms with E-state index in [1.807, 2.05) is 0 Å². The zero-order valence-corrected chi connectivity index (χ0v) is 26.3. The third-order valence-corrected chi connectivity index (χ3v) is 7.65. The lowest BCUT2D eigenvalue weighted by Crippen LogP contribution is -2.43. The number of aliphatic hydroxyl groups is 1. The number of hydrogen-bond donors (Lipinski definition) is 4. The maximum Gasteiger partial charge on any atom is 0.472 e. The second-order valence-electron chi connectivity index (χ2n) is 10.6. The van der Waals surface area contributed by atoms with Gasteiger partial charge in [-0.1, -0.05) is 117 Å². The van der Waals surface area contributed by atoms with Crippen LogP contribution in [0.1, 0.15) is 136 Å². The highest BCUT2D eigenvalue weighted by molar-refractivity contribution is 7.47. The summed E-state index contributed by atoms with van der Waals surface area (Å²) >= 11 is 0. The summed E-state index contributed by atoms with van der Waals surface area (Å²) in [5, 5.41) is 21.2. The smallest absolute Gasteiger partial charge is 0.472 e. The van der Waals surface area contributed by atoms with E-state index in [1.165, 1.54) is 83.5 Å². The first-order chi connectivity index (χ1) is 19.6. The van der Waals surface area contributed by atoms with E-state index >= 15 is 0 Å². The van der Waals surface area contributed by atoms with Crippen molar-refractivity contribution >= 4 is 25.7 Å². The fourth-order valence-electron chi connectivity index (χ4n) is 4.18. The molecule has 0 saturated carbocycles. The van der Waals surface area contributed by atoms with Crippen LogP contribution < -0.4 is 5.32 Å². The van der Waals surface area contributed by atoms with Gasteiger partial charge in [-0.25, -0.2) is 9.36 Å². The number of aliphatic hydroxyl groups excluding tert-OH is 1. The molecule has 0 aromatic heterocycles. The summed E-state index contributed by atoms with van der Waals surface area (Å²) < 4.78 is 25.9. The monoisotopic (exact) mass is 609 g/mol. The van der Waals surface area contributed by atoms with Crippen LogP contribution in [0, 0.1) is 0 Å². The first-order valence-electron chi connectivity index (χ1n) is 15.6. The van der Waals surface area contributed by atoms with E-state index in [4.69, 9.17) is 0 Å². The van der Waals surface area contributed by atoms with Crippen molar-refractivity contribution in [2.24, 2.45) is 0 Å². The van der Waals surface area contributed by atoms with Crippen molar-refractivity contribution in [1.82, 2.24) is 5.32 Å². The van der Waals surface area contributed by atoms with Crippen LogP contribution in [0.5, 0.6) is 0 Å². The maximum atomic E-state index is 12.1. The number of carboxylic acid groups (broad SMARTS) is 1. The van der Waals surface area contributed by atoms with Crippen molar-refractivity contribution in [1.29, 1.82) is 0 Å². The number of rotatable bonds is 29. The summed E-state index contributed by atoms with van der Waals surface area (Å²) in [6.07, 6.45) is 19.8. The van der Waals surface area contributed by atoms with Gasteiger partial charge in [0.1, 0.15) is 12.7 Å². The number of carbonyl (C=O) groups excluding carboxylic acids is 2. The topological polar surface area (TPSA) is 169 Å². The maximum absolute atomic E-state index is 12.1. The molecule has 0 saturated heterocycles. The molecule has 3 atom stereocenters. The number of phosphoric acid groups is 1. The molecule has 4 N–H and O–H groups in total. The number of carbonyl (C=O) groups is 3. The van der Waals surface area contributed by atoms with Gasteiger partial charge in [0.25, 0.3) is 0 Å². The number of hydrogen-bond acceptors (Lipinski definition) is 8. The quantitative estimate of drug-likeness (QED) is 0.0445. The van der Waals surface area contributed by atoms with Crippen molar-refractivity contribution < 1.29 is 47.8 Å². The van der Waals surface area contributed by atoms with Gasteiger partial charge in [-0.2, -0.15) is 0 Å². The molecule has 11 nitrogen and oxygen atoms in total. The molecule has 1 amide bonds. The molecule has 0 heterocycles. The molecule has 0 aliphatic rings. The molecule has 0 aliphatic carbocycles. The number of aliphatic carboxylic acids is 1. The molecule has 0 rings (SSSR count). The normalized spacial score (nSPS) is 14.2. The van der Waals surface area contributed by atoms with E-state index in [2.05, 4.69) is 26.0 Å². The van der Waals surface area contributed by atoms with Crippen LogP contribution in [0.2, 0.25) is 0 Å². The van der Waals surface area contributed by atoms with Gasteiger partial charge in [-0.15, -0.1) is 0 Å². The fourth-order valence-corrected chi connectivity index (χ4v) is 4.95. The summed E-state index contributed by atoms with van der Waals surface area (Å²) in [5.74, 6) is -2.46. The molecule has 0 aromatic carbocycles. The lowest BCUT2D eigenvalue weighted by Gasteiger charge is -2.18. The van der Waals surface area contributed by atoms with Crippen molar-refractivity contribution in [2.45, 2.75) is 148 Å². The Kier molecular flexibility index (Phi) is 25.2. The van der Waals surface area contributed by atoms with Gasteiger partial charge in [0.05, 0.1) is 13.2 Å². The van der Waals surface area contributed by atoms with Gasteiger partial charge in [0.2, 0.25) is 5.91 Å². The summed E-state index contributed by atoms with van der Waals surface area (Å²) in [5.41, 5.74) is 0. The van der Waals surface area contributed by atoms with Crippen LogP contribution in [0.4, 0.5) is 0 Å². The first-order valence-corrected chi connectivity index (χ1v) is 17.1. The molecule has 0 spiro atoms. The van der Waals surface area contributed by atoms with E-state index in [1.54, 1.807) is 6.92 Å². The molecule has 0 fully saturated rings. The number of phosphoric ester groups is 1. The van der Waals surface area contributed by atoms with Crippen LogP contribution in [-0.2, 0) is 32.7 Å². The van der Waals surface area contributed by atoms with E-state index < -0.39 is 57.6 Å². The van der Waals surface area contributed by atoms with Crippen molar-refractivity contribution in [3.8, 4) is 0 Å². The molecular weight excluding hydrogens is 553 g/mol. The summed E-state index contributed by atoms with van der Waals surface area (Å²) in [6.45, 7) is 1.92. The zero-order chi connectivity index (χ0) is 30.8. The number of carboxylic acids is 1. The van der Waals surface area contributed by atoms with Crippen molar-refractivity contribution in [2.75, 3.05) is 19.8 Å². The highest BCUT2D eigenvalue weighted by Gasteiger charge is 2.28. The van der Waals surface area contributed by atoms with Crippen LogP contribution in [0.15, 0.2) is 0 Å². The minimum Gasteiger partial charge on any atom is -0.480 e. The average molecular weight is 610 g/mol. The van der Waals surface area contributed by atoms with Crippen LogP contribution in [0.25, 0.3) is 0 Å². The Bertz CT molecular complexity index is 736. The highest BCUT2D eigenvalue weighted by atomic mass is 31.2. The van der Waals surface area contributed by atoms with Crippen molar-refractivity contribution in [3.05, 3.63) is 0 Å². The predicted octanol–water partition coefficient (Wildman–Crippen LogP) is 6.05. The number of nitrogens with one attached hydrogen (secondary N) is 1. The standard InChI is InChI=1S/C29H56NO10P/c1-3-5-6-7-8-9-10-11-12-13-14-15-16-17-18-19-20-21-27(32)30-26(29(34)35)24-40-41(36,37)39-23-25(31)22-38-28(33)4-2/h25-26,31H,3-24H2,1-2H3,(H,30,32)(H,34,35)(H,36,37). The number of ether oxygens (including phenoxy) is 1. The van der Waals surface area contributed by atoms with E-state index in [0.717, 1.165) is 19.3 Å². The fraction of sp³-hybridized carbons (Fsp3) is 0.897. The Balaban J connectivity index is 3.85. The predicted molar refractivity (Wildman–Crippen MR) is 157 cm³/mol. The Morgan fingerprint density at radius 2 is 1.15 bits per heavy atom. The third kappa shape index (κ3) is 25.9. The van der Waals surface area contributed by atoms with Crippen LogP contribution in [-0.4, -0.2) is 64.9 Å². The van der Waals surface area contributed by atoms with Crippen molar-refractivity contribution in [3.63, 3.8) is 0 Å². The summed E-state index contributed by atoms with van der Waals surface area (Å²) in [4.78, 5) is 44.3. The summed E-state index contributed by atoms with van der Waals surface area (Å²) in [6, 6.07) is -1.53. The first kappa shape index (κ1) is 39.5. The van der Waals surface area contributed by atoms with Gasteiger partial charge in [-0.05, 0) is 6.42 Å². The van der Waals surface area contributed by atoms with Crippen LogP contribution in [0.3, 0.4) is 0 Å². The second kappa shape index (κ2) is 26.1. The molecule has 0 aromatic rings. The van der Waals surface area contributed by atoms with Gasteiger partial charge < -0.3 is 25.2 Å². The molecule has 0 radical (unpaired) electrons. The molecule has 3 unspecified atom stereocenters. The molecule has 242 valence electrons. The lowest BCUT2D eigenvalue weighted by atomic mass is 10.0. The zero-order valence-electron chi connectivity index (χ0n) is 25.4. The van der Waals surface area contributed by atoms with E-state index in [-0.39, 0.29) is 12.8 Å². The Labute approximate surface area is 246 Å². The SMILES string of the molecule is CCCCCCCCCCCCCCCCCCCC(=O)NC(COP(=O)(O)OCC(O)COC(=O)CC)C(=O)O. The molecule has 12 heteroatoms. The molecule has 0 aliphatic heterocycles. The Morgan fingerprint density at radius 3 is 1.59 bits per heavy atom. The average Bonchev–Trinajstić information content (AvgIpc) is 2.94. The third-order valence-electron chi connectivity index (χ3n) is 6.70. The molecule has 0 bridgehead atoms. The minimum atomic E-state index is -4.71. The summed E-state index contributed by atoms with van der Waals surface area (Å²) in [7, 11) is -4.71. The highest BCUT2D eigenvalue weighted by Crippen LogP contribution is 2.43. The van der Waals surface area contributed by atoms with Gasteiger partial charge in [-0.3, -0.25) is 18.6 Å².